The summed E-state index contributed by atoms with van der Waals surface area (Å²) >= 11 is 0. The third kappa shape index (κ3) is 4.17. The van der Waals surface area contributed by atoms with E-state index in [0.717, 1.165) is 18.2 Å². The van der Waals surface area contributed by atoms with Crippen LogP contribution in [0.4, 0.5) is 0 Å². The number of aromatic nitrogens is 3. The Morgan fingerprint density at radius 1 is 1.25 bits per heavy atom. The van der Waals surface area contributed by atoms with E-state index in [9.17, 15) is 0 Å². The van der Waals surface area contributed by atoms with E-state index >= 15 is 0 Å². The molecule has 2 saturated heterocycles. The van der Waals surface area contributed by atoms with Gasteiger partial charge in [0.2, 0.25) is 0 Å². The van der Waals surface area contributed by atoms with Crippen molar-refractivity contribution < 1.29 is 0 Å². The van der Waals surface area contributed by atoms with Crippen LogP contribution in [0.5, 0.6) is 0 Å². The Kier molecular flexibility index (Phi) is 5.60. The third-order valence-electron chi connectivity index (χ3n) is 6.18. The smallest absolute Gasteiger partial charge is 0.0967 e. The number of likely N-dealkylation sites (tertiary alicyclic amines) is 2. The van der Waals surface area contributed by atoms with Crippen molar-refractivity contribution in [3.8, 4) is 0 Å². The molecule has 0 bridgehead atoms. The first-order valence-corrected chi connectivity index (χ1v) is 9.86. The molecular formula is C19H35N5. The highest BCUT2D eigenvalue weighted by atomic mass is 15.4. The molecule has 0 radical (unpaired) electrons. The summed E-state index contributed by atoms with van der Waals surface area (Å²) in [5.74, 6) is 0.809. The maximum atomic E-state index is 4.46. The average molecular weight is 334 g/mol. The normalized spacial score (nSPS) is 24.5. The van der Waals surface area contributed by atoms with E-state index < -0.39 is 0 Å². The van der Waals surface area contributed by atoms with E-state index in [1.165, 1.54) is 58.3 Å². The average Bonchev–Trinajstić information content (AvgIpc) is 3.15. The first-order valence-electron chi connectivity index (χ1n) is 9.86. The van der Waals surface area contributed by atoms with Gasteiger partial charge < -0.3 is 4.90 Å². The molecule has 3 heterocycles. The van der Waals surface area contributed by atoms with Gasteiger partial charge in [-0.25, -0.2) is 4.68 Å². The van der Waals surface area contributed by atoms with Gasteiger partial charge in [0, 0.05) is 31.7 Å². The Hall–Kier alpha value is -0.940. The van der Waals surface area contributed by atoms with Gasteiger partial charge in [-0.05, 0) is 52.0 Å². The van der Waals surface area contributed by atoms with Crippen LogP contribution in [0.1, 0.15) is 71.5 Å². The Morgan fingerprint density at radius 3 is 2.62 bits per heavy atom. The van der Waals surface area contributed by atoms with Crippen molar-refractivity contribution in [1.29, 1.82) is 0 Å². The van der Waals surface area contributed by atoms with Gasteiger partial charge in [-0.1, -0.05) is 25.5 Å². The summed E-state index contributed by atoms with van der Waals surface area (Å²) in [6.45, 7) is 15.1. The van der Waals surface area contributed by atoms with Crippen LogP contribution in [0.3, 0.4) is 0 Å². The molecule has 5 nitrogen and oxygen atoms in total. The van der Waals surface area contributed by atoms with E-state index in [0.29, 0.717) is 11.6 Å². The third-order valence-corrected chi connectivity index (χ3v) is 6.18. The molecule has 2 aliphatic rings. The summed E-state index contributed by atoms with van der Waals surface area (Å²) in [4.78, 5) is 5.17. The second kappa shape index (κ2) is 7.52. The fourth-order valence-electron chi connectivity index (χ4n) is 4.15. The molecule has 2 aliphatic heterocycles. The summed E-state index contributed by atoms with van der Waals surface area (Å²) in [7, 11) is 0. The molecular weight excluding hydrogens is 298 g/mol. The van der Waals surface area contributed by atoms with Gasteiger partial charge >= 0.3 is 0 Å². The molecule has 0 unspecified atom stereocenters. The Bertz CT molecular complexity index is 516. The van der Waals surface area contributed by atoms with Crippen molar-refractivity contribution >= 4 is 0 Å². The summed E-state index contributed by atoms with van der Waals surface area (Å²) in [5.41, 5.74) is 1.44. The van der Waals surface area contributed by atoms with Gasteiger partial charge in [0.1, 0.15) is 0 Å². The number of hydrogen-bond donors (Lipinski definition) is 0. The Balaban J connectivity index is 1.51. The fraction of sp³-hybridized carbons (Fsp3) is 0.895. The first-order chi connectivity index (χ1) is 11.5. The second-order valence-corrected chi connectivity index (χ2v) is 8.57. The zero-order valence-electron chi connectivity index (χ0n) is 16.0. The van der Waals surface area contributed by atoms with Crippen LogP contribution in [0.15, 0.2) is 6.20 Å². The number of nitrogens with zero attached hydrogens (tertiary/aromatic N) is 5. The summed E-state index contributed by atoms with van der Waals surface area (Å²) < 4.78 is 2.14. The molecule has 0 amide bonds. The van der Waals surface area contributed by atoms with E-state index in [-0.39, 0.29) is 0 Å². The van der Waals surface area contributed by atoms with Gasteiger partial charge in [0.15, 0.2) is 0 Å². The quantitative estimate of drug-likeness (QED) is 0.800. The molecule has 0 N–H and O–H groups in total. The lowest BCUT2D eigenvalue weighted by Gasteiger charge is -2.33. The first kappa shape index (κ1) is 17.9. The molecule has 24 heavy (non-hydrogen) atoms. The van der Waals surface area contributed by atoms with Crippen LogP contribution in [-0.2, 0) is 6.54 Å². The standard InChI is InChI=1S/C19H35N5/c1-5-16(2)13-22-11-7-18(8-12-22)24-15-17(20-21-24)14-23-10-6-9-19(23,3)4/h15-16,18H,5-14H2,1-4H3/t16-/m0/s1. The highest BCUT2D eigenvalue weighted by molar-refractivity contribution is 4.98. The van der Waals surface area contributed by atoms with Crippen molar-refractivity contribution in [2.24, 2.45) is 5.92 Å². The molecule has 2 fully saturated rings. The van der Waals surface area contributed by atoms with Crippen LogP contribution < -0.4 is 0 Å². The SMILES string of the molecule is CC[C@H](C)CN1CCC(n2cc(CN3CCCC3(C)C)nn2)CC1. The molecule has 3 rings (SSSR count). The number of hydrogen-bond acceptors (Lipinski definition) is 4. The topological polar surface area (TPSA) is 37.2 Å². The van der Waals surface area contributed by atoms with Crippen LogP contribution in [0, 0.1) is 5.92 Å². The Morgan fingerprint density at radius 2 is 2.00 bits per heavy atom. The van der Waals surface area contributed by atoms with Crippen molar-refractivity contribution in [2.75, 3.05) is 26.2 Å². The van der Waals surface area contributed by atoms with Gasteiger partial charge in [-0.2, -0.15) is 0 Å². The van der Waals surface area contributed by atoms with E-state index in [4.69, 9.17) is 0 Å². The predicted octanol–water partition coefficient (Wildman–Crippen LogP) is 3.34. The van der Waals surface area contributed by atoms with Crippen LogP contribution >= 0.6 is 0 Å². The minimum absolute atomic E-state index is 0.311. The molecule has 0 aromatic carbocycles. The predicted molar refractivity (Wildman–Crippen MR) is 97.9 cm³/mol. The van der Waals surface area contributed by atoms with Crippen molar-refractivity contribution in [1.82, 2.24) is 24.8 Å². The Labute approximate surface area is 147 Å². The highest BCUT2D eigenvalue weighted by Crippen LogP contribution is 2.29. The molecule has 5 heteroatoms. The van der Waals surface area contributed by atoms with Crippen LogP contribution in [-0.4, -0.2) is 56.5 Å². The van der Waals surface area contributed by atoms with Crippen LogP contribution in [0.2, 0.25) is 0 Å². The zero-order valence-corrected chi connectivity index (χ0v) is 16.0. The zero-order chi connectivity index (χ0) is 17.2. The van der Waals surface area contributed by atoms with E-state index in [1.807, 2.05) is 0 Å². The largest absolute Gasteiger partial charge is 0.303 e. The van der Waals surface area contributed by atoms with Crippen molar-refractivity contribution in [2.45, 2.75) is 77.9 Å². The summed E-state index contributed by atoms with van der Waals surface area (Å²) in [5, 5.41) is 8.91. The minimum atomic E-state index is 0.311. The van der Waals surface area contributed by atoms with Gasteiger partial charge in [0.25, 0.3) is 0 Å². The van der Waals surface area contributed by atoms with Crippen molar-refractivity contribution in [3.05, 3.63) is 11.9 Å². The summed E-state index contributed by atoms with van der Waals surface area (Å²) in [6, 6.07) is 0.533. The molecule has 0 saturated carbocycles. The maximum absolute atomic E-state index is 4.46. The fourth-order valence-corrected chi connectivity index (χ4v) is 4.15. The van der Waals surface area contributed by atoms with Crippen molar-refractivity contribution in [3.63, 3.8) is 0 Å². The van der Waals surface area contributed by atoms with Crippen LogP contribution in [0.25, 0.3) is 0 Å². The number of rotatable bonds is 6. The minimum Gasteiger partial charge on any atom is -0.303 e. The maximum Gasteiger partial charge on any atom is 0.0967 e. The molecule has 1 aromatic heterocycles. The van der Waals surface area contributed by atoms with Gasteiger partial charge in [0.05, 0.1) is 17.9 Å². The van der Waals surface area contributed by atoms with E-state index in [2.05, 4.69) is 58.7 Å². The lowest BCUT2D eigenvalue weighted by atomic mass is 10.0. The highest BCUT2D eigenvalue weighted by Gasteiger charge is 2.32. The molecule has 0 spiro atoms. The molecule has 136 valence electrons. The molecule has 1 aromatic rings. The lowest BCUT2D eigenvalue weighted by Crippen LogP contribution is -2.37. The summed E-state index contributed by atoms with van der Waals surface area (Å²) in [6.07, 6.45) is 8.47. The van der Waals surface area contributed by atoms with Gasteiger partial charge in [-0.3, -0.25) is 4.90 Å². The monoisotopic (exact) mass is 333 g/mol. The molecule has 0 aliphatic carbocycles. The van der Waals surface area contributed by atoms with E-state index in [1.54, 1.807) is 0 Å². The lowest BCUT2D eigenvalue weighted by molar-refractivity contribution is 0.158. The molecule has 1 atom stereocenters. The van der Waals surface area contributed by atoms with Gasteiger partial charge in [-0.15, -0.1) is 5.10 Å². The number of piperidine rings is 1. The second-order valence-electron chi connectivity index (χ2n) is 8.57.